The summed E-state index contributed by atoms with van der Waals surface area (Å²) in [6.07, 6.45) is 2.26. The number of hydrogen-bond donors (Lipinski definition) is 0. The molecular weight excluding hydrogens is 216 g/mol. The van der Waals surface area contributed by atoms with E-state index in [2.05, 4.69) is 6.92 Å². The van der Waals surface area contributed by atoms with Crippen LogP contribution in [-0.4, -0.2) is 18.7 Å². The van der Waals surface area contributed by atoms with Crippen LogP contribution in [0.1, 0.15) is 33.1 Å². The number of unbranched alkanes of at least 4 members (excludes halogenated alkanes) is 1. The van der Waals surface area contributed by atoms with Gasteiger partial charge in [-0.15, -0.1) is 0 Å². The second-order valence-corrected chi connectivity index (χ2v) is 4.03. The molecule has 3 nitrogen and oxygen atoms in total. The maximum atomic E-state index is 11.3. The average molecular weight is 236 g/mol. The van der Waals surface area contributed by atoms with Crippen LogP contribution in [0.15, 0.2) is 30.3 Å². The summed E-state index contributed by atoms with van der Waals surface area (Å²) in [5.74, 6) is 0.653. The van der Waals surface area contributed by atoms with Crippen molar-refractivity contribution in [3.8, 4) is 5.75 Å². The van der Waals surface area contributed by atoms with Crippen LogP contribution in [0.2, 0.25) is 0 Å². The number of rotatable bonds is 7. The Labute approximate surface area is 103 Å². The van der Waals surface area contributed by atoms with Crippen molar-refractivity contribution in [3.63, 3.8) is 0 Å². The average Bonchev–Trinajstić information content (AvgIpc) is 2.35. The number of carbonyl (C=O) groups is 1. The van der Waals surface area contributed by atoms with Gasteiger partial charge in [0.25, 0.3) is 0 Å². The van der Waals surface area contributed by atoms with Gasteiger partial charge in [-0.1, -0.05) is 31.5 Å². The first-order valence-electron chi connectivity index (χ1n) is 6.09. The van der Waals surface area contributed by atoms with Crippen molar-refractivity contribution in [1.29, 1.82) is 0 Å². The van der Waals surface area contributed by atoms with Gasteiger partial charge in [-0.25, -0.2) is 0 Å². The molecule has 94 valence electrons. The molecule has 0 amide bonds. The molecular formula is C14H20O3. The highest BCUT2D eigenvalue weighted by atomic mass is 16.6. The van der Waals surface area contributed by atoms with Gasteiger partial charge in [0.05, 0.1) is 0 Å². The van der Waals surface area contributed by atoms with Gasteiger partial charge in [0.15, 0.2) is 0 Å². The lowest BCUT2D eigenvalue weighted by molar-refractivity contribution is -0.145. The molecule has 0 fully saturated rings. The molecule has 1 rings (SSSR count). The first-order chi connectivity index (χ1) is 8.22. The minimum atomic E-state index is -0.143. The van der Waals surface area contributed by atoms with E-state index in [4.69, 9.17) is 9.47 Å². The predicted molar refractivity (Wildman–Crippen MR) is 67.0 cm³/mol. The van der Waals surface area contributed by atoms with Crippen LogP contribution in [-0.2, 0) is 9.53 Å². The molecule has 0 spiro atoms. The van der Waals surface area contributed by atoms with Crippen LogP contribution in [0.25, 0.3) is 0 Å². The Bertz CT molecular complexity index is 321. The molecule has 0 aliphatic carbocycles. The fourth-order valence-electron chi connectivity index (χ4n) is 1.37. The smallest absolute Gasteiger partial charge is 0.305 e. The van der Waals surface area contributed by atoms with E-state index in [1.54, 1.807) is 0 Å². The standard InChI is InChI=1S/C14H20O3/c1-3-4-10-14(15)16-11-12(2)17-13-8-6-5-7-9-13/h5-9,12H,3-4,10-11H2,1-2H3. The van der Waals surface area contributed by atoms with Gasteiger partial charge in [-0.3, -0.25) is 4.79 Å². The van der Waals surface area contributed by atoms with Gasteiger partial charge in [-0.05, 0) is 25.5 Å². The monoisotopic (exact) mass is 236 g/mol. The number of benzene rings is 1. The largest absolute Gasteiger partial charge is 0.487 e. The van der Waals surface area contributed by atoms with Crippen molar-refractivity contribution >= 4 is 5.97 Å². The van der Waals surface area contributed by atoms with Crippen molar-refractivity contribution in [3.05, 3.63) is 30.3 Å². The fourth-order valence-corrected chi connectivity index (χ4v) is 1.37. The topological polar surface area (TPSA) is 35.5 Å². The van der Waals surface area contributed by atoms with Crippen LogP contribution in [0.4, 0.5) is 0 Å². The van der Waals surface area contributed by atoms with Gasteiger partial charge in [-0.2, -0.15) is 0 Å². The van der Waals surface area contributed by atoms with E-state index in [-0.39, 0.29) is 12.1 Å². The zero-order valence-electron chi connectivity index (χ0n) is 10.5. The molecule has 0 saturated carbocycles. The van der Waals surface area contributed by atoms with Gasteiger partial charge in [0, 0.05) is 6.42 Å². The SMILES string of the molecule is CCCCC(=O)OCC(C)Oc1ccccc1. The molecule has 0 N–H and O–H groups in total. The lowest BCUT2D eigenvalue weighted by Gasteiger charge is -2.14. The van der Waals surface area contributed by atoms with E-state index in [0.29, 0.717) is 13.0 Å². The van der Waals surface area contributed by atoms with Crippen LogP contribution in [0, 0.1) is 0 Å². The molecule has 0 aromatic heterocycles. The minimum absolute atomic E-state index is 0.122. The summed E-state index contributed by atoms with van der Waals surface area (Å²) in [5.41, 5.74) is 0. The summed E-state index contributed by atoms with van der Waals surface area (Å²) in [5, 5.41) is 0. The second-order valence-electron chi connectivity index (χ2n) is 4.03. The molecule has 3 heteroatoms. The van der Waals surface area contributed by atoms with Gasteiger partial charge >= 0.3 is 5.97 Å². The third-order valence-electron chi connectivity index (χ3n) is 2.29. The van der Waals surface area contributed by atoms with Crippen molar-refractivity contribution in [2.75, 3.05) is 6.61 Å². The highest BCUT2D eigenvalue weighted by Gasteiger charge is 2.08. The summed E-state index contributed by atoms with van der Waals surface area (Å²) in [7, 11) is 0. The second kappa shape index (κ2) is 7.71. The highest BCUT2D eigenvalue weighted by Crippen LogP contribution is 2.11. The number of esters is 1. The fraction of sp³-hybridized carbons (Fsp3) is 0.500. The molecule has 1 atom stereocenters. The zero-order chi connectivity index (χ0) is 12.5. The highest BCUT2D eigenvalue weighted by molar-refractivity contribution is 5.69. The van der Waals surface area contributed by atoms with E-state index in [1.807, 2.05) is 37.3 Å². The first-order valence-corrected chi connectivity index (χ1v) is 6.09. The molecule has 17 heavy (non-hydrogen) atoms. The number of carbonyl (C=O) groups excluding carboxylic acids is 1. The lowest BCUT2D eigenvalue weighted by atomic mass is 10.2. The molecule has 1 aromatic rings. The Hall–Kier alpha value is -1.51. The summed E-state index contributed by atoms with van der Waals surface area (Å²) < 4.78 is 10.7. The first kappa shape index (κ1) is 13.6. The van der Waals surface area contributed by atoms with Gasteiger partial charge in [0.1, 0.15) is 18.5 Å². The van der Waals surface area contributed by atoms with Crippen LogP contribution >= 0.6 is 0 Å². The number of para-hydroxylation sites is 1. The maximum absolute atomic E-state index is 11.3. The van der Waals surface area contributed by atoms with Crippen molar-refractivity contribution in [1.82, 2.24) is 0 Å². The molecule has 0 aliphatic heterocycles. The molecule has 0 radical (unpaired) electrons. The Morgan fingerprint density at radius 3 is 2.65 bits per heavy atom. The van der Waals surface area contributed by atoms with Crippen molar-refractivity contribution in [2.45, 2.75) is 39.2 Å². The Morgan fingerprint density at radius 1 is 1.29 bits per heavy atom. The molecule has 1 aromatic carbocycles. The summed E-state index contributed by atoms with van der Waals surface area (Å²) in [4.78, 5) is 11.3. The molecule has 0 heterocycles. The summed E-state index contributed by atoms with van der Waals surface area (Å²) >= 11 is 0. The third kappa shape index (κ3) is 5.95. The van der Waals surface area contributed by atoms with E-state index >= 15 is 0 Å². The van der Waals surface area contributed by atoms with Gasteiger partial charge < -0.3 is 9.47 Å². The molecule has 0 aliphatic rings. The Balaban J connectivity index is 2.21. The number of ether oxygens (including phenoxy) is 2. The third-order valence-corrected chi connectivity index (χ3v) is 2.29. The van der Waals surface area contributed by atoms with E-state index in [9.17, 15) is 4.79 Å². The maximum Gasteiger partial charge on any atom is 0.305 e. The quantitative estimate of drug-likeness (QED) is 0.682. The van der Waals surface area contributed by atoms with Gasteiger partial charge in [0.2, 0.25) is 0 Å². The van der Waals surface area contributed by atoms with E-state index in [1.165, 1.54) is 0 Å². The van der Waals surface area contributed by atoms with E-state index in [0.717, 1.165) is 18.6 Å². The normalized spacial score (nSPS) is 11.9. The van der Waals surface area contributed by atoms with Crippen LogP contribution in [0.5, 0.6) is 5.75 Å². The van der Waals surface area contributed by atoms with Crippen molar-refractivity contribution in [2.24, 2.45) is 0 Å². The molecule has 0 bridgehead atoms. The molecule has 0 saturated heterocycles. The summed E-state index contributed by atoms with van der Waals surface area (Å²) in [6.45, 7) is 4.24. The minimum Gasteiger partial charge on any atom is -0.487 e. The van der Waals surface area contributed by atoms with E-state index < -0.39 is 0 Å². The predicted octanol–water partition coefficient (Wildman–Crippen LogP) is 3.19. The zero-order valence-corrected chi connectivity index (χ0v) is 10.5. The van der Waals surface area contributed by atoms with Crippen molar-refractivity contribution < 1.29 is 14.3 Å². The van der Waals surface area contributed by atoms with Crippen LogP contribution < -0.4 is 4.74 Å². The van der Waals surface area contributed by atoms with Crippen LogP contribution in [0.3, 0.4) is 0 Å². The molecule has 1 unspecified atom stereocenters. The lowest BCUT2D eigenvalue weighted by Crippen LogP contribution is -2.21. The summed E-state index contributed by atoms with van der Waals surface area (Å²) in [6, 6.07) is 9.53. The Morgan fingerprint density at radius 2 is 2.00 bits per heavy atom. The number of hydrogen-bond acceptors (Lipinski definition) is 3. The Kier molecular flexibility index (Phi) is 6.15.